The van der Waals surface area contributed by atoms with Crippen LogP contribution in [-0.4, -0.2) is 32.2 Å². The van der Waals surface area contributed by atoms with Crippen molar-refractivity contribution >= 4 is 17.3 Å². The van der Waals surface area contributed by atoms with E-state index in [1.54, 1.807) is 7.11 Å². The van der Waals surface area contributed by atoms with Crippen LogP contribution in [0.25, 0.3) is 0 Å². The first-order valence-electron chi connectivity index (χ1n) is 7.96. The van der Waals surface area contributed by atoms with Gasteiger partial charge in [0.2, 0.25) is 5.91 Å². The molecule has 0 saturated heterocycles. The van der Waals surface area contributed by atoms with Crippen LogP contribution in [0.1, 0.15) is 37.7 Å². The molecule has 0 aromatic heterocycles. The Morgan fingerprint density at radius 1 is 1.29 bits per heavy atom. The molecule has 114 valence electrons. The number of hydrogen-bond donors (Lipinski definition) is 1. The van der Waals surface area contributed by atoms with Crippen molar-refractivity contribution < 1.29 is 9.53 Å². The van der Waals surface area contributed by atoms with Gasteiger partial charge in [-0.05, 0) is 49.8 Å². The lowest BCUT2D eigenvalue weighted by Crippen LogP contribution is -2.36. The molecule has 1 amide bonds. The minimum absolute atomic E-state index is 0.253. The fraction of sp³-hybridized carbons (Fsp3) is 0.588. The van der Waals surface area contributed by atoms with E-state index in [2.05, 4.69) is 23.5 Å². The molecule has 0 unspecified atom stereocenters. The lowest BCUT2D eigenvalue weighted by Gasteiger charge is -2.30. The first-order chi connectivity index (χ1) is 10.3. The zero-order valence-corrected chi connectivity index (χ0v) is 12.7. The number of fused-ring (bicyclic) bond motifs is 1. The van der Waals surface area contributed by atoms with Crippen LogP contribution in [0.15, 0.2) is 18.2 Å². The minimum atomic E-state index is 0.253. The monoisotopic (exact) mass is 288 g/mol. The Balaban J connectivity index is 1.72. The van der Waals surface area contributed by atoms with Gasteiger partial charge in [0.05, 0.1) is 0 Å². The van der Waals surface area contributed by atoms with Crippen LogP contribution >= 0.6 is 0 Å². The van der Waals surface area contributed by atoms with Crippen LogP contribution in [0.3, 0.4) is 0 Å². The molecule has 3 rings (SSSR count). The second-order valence-electron chi connectivity index (χ2n) is 6.01. The van der Waals surface area contributed by atoms with E-state index in [1.807, 2.05) is 4.90 Å². The largest absolute Gasteiger partial charge is 0.385 e. The van der Waals surface area contributed by atoms with Crippen LogP contribution < -0.4 is 10.2 Å². The van der Waals surface area contributed by atoms with Crippen molar-refractivity contribution in [2.45, 2.75) is 44.6 Å². The normalized spacial score (nSPS) is 17.8. The second-order valence-corrected chi connectivity index (χ2v) is 6.01. The smallest absolute Gasteiger partial charge is 0.227 e. The number of carbonyl (C=O) groups excluding carboxylic acids is 1. The lowest BCUT2D eigenvalue weighted by atomic mass is 10.00. The summed E-state index contributed by atoms with van der Waals surface area (Å²) in [6, 6.07) is 7.11. The molecule has 0 spiro atoms. The van der Waals surface area contributed by atoms with Gasteiger partial charge < -0.3 is 15.0 Å². The summed E-state index contributed by atoms with van der Waals surface area (Å²) in [5.74, 6) is 0.253. The van der Waals surface area contributed by atoms with Gasteiger partial charge in [-0.3, -0.25) is 4.79 Å². The molecule has 0 radical (unpaired) electrons. The molecule has 0 atom stereocenters. The third-order valence-corrected chi connectivity index (χ3v) is 4.21. The summed E-state index contributed by atoms with van der Waals surface area (Å²) in [4.78, 5) is 14.2. The Labute approximate surface area is 126 Å². The fourth-order valence-electron chi connectivity index (χ4n) is 2.85. The van der Waals surface area contributed by atoms with Crippen molar-refractivity contribution in [3.8, 4) is 0 Å². The molecule has 1 aliphatic carbocycles. The number of nitrogens with zero attached hydrogens (tertiary/aromatic N) is 1. The van der Waals surface area contributed by atoms with E-state index in [4.69, 9.17) is 4.74 Å². The van der Waals surface area contributed by atoms with Crippen molar-refractivity contribution in [1.29, 1.82) is 0 Å². The average molecular weight is 288 g/mol. The fourth-order valence-corrected chi connectivity index (χ4v) is 2.85. The molecule has 21 heavy (non-hydrogen) atoms. The number of hydrogen-bond acceptors (Lipinski definition) is 3. The summed E-state index contributed by atoms with van der Waals surface area (Å²) in [6.07, 6.45) is 6.00. The maximum Gasteiger partial charge on any atom is 0.227 e. The van der Waals surface area contributed by atoms with E-state index in [-0.39, 0.29) is 5.91 Å². The highest BCUT2D eigenvalue weighted by Gasteiger charge is 2.25. The SMILES string of the molecule is COCCCCN1C(=O)CCc2ccc(NC3CC3)cc21. The number of ether oxygens (including phenoxy) is 1. The number of benzene rings is 1. The van der Waals surface area contributed by atoms with Gasteiger partial charge >= 0.3 is 0 Å². The summed E-state index contributed by atoms with van der Waals surface area (Å²) >= 11 is 0. The Kier molecular flexibility index (Phi) is 4.44. The van der Waals surface area contributed by atoms with Gasteiger partial charge in [-0.1, -0.05) is 6.07 Å². The predicted molar refractivity (Wildman–Crippen MR) is 84.9 cm³/mol. The number of methoxy groups -OCH3 is 1. The number of nitrogens with one attached hydrogen (secondary N) is 1. The Morgan fingerprint density at radius 2 is 2.14 bits per heavy atom. The Bertz CT molecular complexity index is 512. The maximum atomic E-state index is 12.2. The summed E-state index contributed by atoms with van der Waals surface area (Å²) in [5, 5.41) is 3.52. The second kappa shape index (κ2) is 6.48. The number of anilines is 2. The van der Waals surface area contributed by atoms with E-state index < -0.39 is 0 Å². The number of unbranched alkanes of at least 4 members (excludes halogenated alkanes) is 1. The topological polar surface area (TPSA) is 41.6 Å². The van der Waals surface area contributed by atoms with Crippen molar-refractivity contribution in [2.24, 2.45) is 0 Å². The van der Waals surface area contributed by atoms with E-state index in [0.29, 0.717) is 12.5 Å². The third-order valence-electron chi connectivity index (χ3n) is 4.21. The minimum Gasteiger partial charge on any atom is -0.385 e. The van der Waals surface area contributed by atoms with Gasteiger partial charge in [-0.25, -0.2) is 0 Å². The number of rotatable bonds is 7. The van der Waals surface area contributed by atoms with Crippen molar-refractivity contribution in [2.75, 3.05) is 30.5 Å². The van der Waals surface area contributed by atoms with Gasteiger partial charge in [0.1, 0.15) is 0 Å². The molecule has 1 saturated carbocycles. The van der Waals surface area contributed by atoms with E-state index in [1.165, 1.54) is 18.4 Å². The van der Waals surface area contributed by atoms with Crippen LogP contribution in [0, 0.1) is 0 Å². The number of amides is 1. The zero-order valence-electron chi connectivity index (χ0n) is 12.7. The molecule has 2 aliphatic rings. The van der Waals surface area contributed by atoms with Gasteiger partial charge in [-0.15, -0.1) is 0 Å². The highest BCUT2D eigenvalue weighted by atomic mass is 16.5. The maximum absolute atomic E-state index is 12.2. The van der Waals surface area contributed by atoms with Crippen molar-refractivity contribution in [1.82, 2.24) is 0 Å². The van der Waals surface area contributed by atoms with Gasteiger partial charge in [0, 0.05) is 44.1 Å². The number of carbonyl (C=O) groups is 1. The third kappa shape index (κ3) is 3.56. The molecule has 1 aliphatic heterocycles. The summed E-state index contributed by atoms with van der Waals surface area (Å²) in [5.41, 5.74) is 3.55. The Morgan fingerprint density at radius 3 is 2.90 bits per heavy atom. The zero-order chi connectivity index (χ0) is 14.7. The average Bonchev–Trinajstić information content (AvgIpc) is 3.29. The first kappa shape index (κ1) is 14.4. The summed E-state index contributed by atoms with van der Waals surface area (Å²) in [6.45, 7) is 1.56. The van der Waals surface area contributed by atoms with E-state index in [9.17, 15) is 4.79 Å². The van der Waals surface area contributed by atoms with Gasteiger partial charge in [0.15, 0.2) is 0 Å². The highest BCUT2D eigenvalue weighted by molar-refractivity contribution is 5.97. The lowest BCUT2D eigenvalue weighted by molar-refractivity contribution is -0.118. The van der Waals surface area contributed by atoms with E-state index >= 15 is 0 Å². The molecule has 1 aromatic carbocycles. The van der Waals surface area contributed by atoms with Gasteiger partial charge in [0.25, 0.3) is 0 Å². The molecular weight excluding hydrogens is 264 g/mol. The first-order valence-corrected chi connectivity index (χ1v) is 7.96. The quantitative estimate of drug-likeness (QED) is 0.784. The molecule has 1 N–H and O–H groups in total. The van der Waals surface area contributed by atoms with Crippen LogP contribution in [0.5, 0.6) is 0 Å². The molecule has 4 heteroatoms. The molecule has 1 aromatic rings. The molecule has 1 fully saturated rings. The summed E-state index contributed by atoms with van der Waals surface area (Å²) < 4.78 is 5.08. The van der Waals surface area contributed by atoms with Gasteiger partial charge in [-0.2, -0.15) is 0 Å². The van der Waals surface area contributed by atoms with Crippen molar-refractivity contribution in [3.05, 3.63) is 23.8 Å². The Hall–Kier alpha value is -1.55. The molecule has 1 heterocycles. The van der Waals surface area contributed by atoms with E-state index in [0.717, 1.165) is 43.8 Å². The van der Waals surface area contributed by atoms with Crippen molar-refractivity contribution in [3.63, 3.8) is 0 Å². The molecular formula is C17H24N2O2. The van der Waals surface area contributed by atoms with Crippen LogP contribution in [-0.2, 0) is 16.0 Å². The predicted octanol–water partition coefficient (Wildman–Crippen LogP) is 2.97. The number of aryl methyl sites for hydroxylation is 1. The van der Waals surface area contributed by atoms with Crippen LogP contribution in [0.2, 0.25) is 0 Å². The standard InChI is InChI=1S/C17H24N2O2/c1-21-11-3-2-10-19-16-12-15(18-14-7-8-14)6-4-13(16)5-9-17(19)20/h4,6,12,14,18H,2-3,5,7-11H2,1H3. The van der Waals surface area contributed by atoms with Crippen LogP contribution in [0.4, 0.5) is 11.4 Å². The molecule has 0 bridgehead atoms. The summed E-state index contributed by atoms with van der Waals surface area (Å²) in [7, 11) is 1.72. The molecule has 4 nitrogen and oxygen atoms in total. The highest BCUT2D eigenvalue weighted by Crippen LogP contribution is 2.33.